The molecular formula is C17H25NO3. The Balaban J connectivity index is 1.66. The molecular weight excluding hydrogens is 266 g/mol. The molecule has 0 spiro atoms. The molecule has 21 heavy (non-hydrogen) atoms. The van der Waals surface area contributed by atoms with Gasteiger partial charge in [-0.3, -0.25) is 0 Å². The molecule has 1 N–H and O–H groups in total. The molecule has 4 nitrogen and oxygen atoms in total. The highest BCUT2D eigenvalue weighted by Crippen LogP contribution is 2.35. The average Bonchev–Trinajstić information content (AvgIpc) is 3.07. The summed E-state index contributed by atoms with van der Waals surface area (Å²) in [5.41, 5.74) is 2.45. The Morgan fingerprint density at radius 3 is 3.05 bits per heavy atom. The lowest BCUT2D eigenvalue weighted by Gasteiger charge is -2.14. The van der Waals surface area contributed by atoms with Gasteiger partial charge in [0.2, 0.25) is 0 Å². The van der Waals surface area contributed by atoms with E-state index >= 15 is 0 Å². The minimum Gasteiger partial charge on any atom is -0.494 e. The van der Waals surface area contributed by atoms with Gasteiger partial charge in [0.05, 0.1) is 13.2 Å². The zero-order valence-electron chi connectivity index (χ0n) is 13.0. The Morgan fingerprint density at radius 1 is 1.38 bits per heavy atom. The van der Waals surface area contributed by atoms with Crippen LogP contribution in [0.4, 0.5) is 0 Å². The van der Waals surface area contributed by atoms with Gasteiger partial charge in [-0.05, 0) is 38.3 Å². The third-order valence-corrected chi connectivity index (χ3v) is 4.15. The molecule has 0 aromatic heterocycles. The number of ether oxygens (including phenoxy) is 3. The predicted octanol–water partition coefficient (Wildman–Crippen LogP) is 2.53. The lowest BCUT2D eigenvalue weighted by Crippen LogP contribution is -2.23. The van der Waals surface area contributed by atoms with Crippen LogP contribution in [0.1, 0.15) is 31.4 Å². The van der Waals surface area contributed by atoms with E-state index in [1.54, 1.807) is 0 Å². The van der Waals surface area contributed by atoms with Gasteiger partial charge in [-0.25, -0.2) is 0 Å². The second kappa shape index (κ2) is 6.67. The molecule has 1 aromatic carbocycles. The fourth-order valence-electron chi connectivity index (χ4n) is 3.06. The SMILES string of the molecule is CCOc1cc2c(cc1CNCC1CCOC1)OC(C)C2. The van der Waals surface area contributed by atoms with E-state index in [0.717, 1.165) is 50.6 Å². The van der Waals surface area contributed by atoms with E-state index in [-0.39, 0.29) is 6.10 Å². The van der Waals surface area contributed by atoms with Gasteiger partial charge in [0.15, 0.2) is 0 Å². The van der Waals surface area contributed by atoms with Crippen LogP contribution in [0.2, 0.25) is 0 Å². The first-order valence-electron chi connectivity index (χ1n) is 8.00. The highest BCUT2D eigenvalue weighted by atomic mass is 16.5. The van der Waals surface area contributed by atoms with Crippen molar-refractivity contribution in [3.63, 3.8) is 0 Å². The van der Waals surface area contributed by atoms with Crippen molar-refractivity contribution in [1.29, 1.82) is 0 Å². The van der Waals surface area contributed by atoms with Gasteiger partial charge in [0, 0.05) is 37.2 Å². The molecule has 0 amide bonds. The highest BCUT2D eigenvalue weighted by Gasteiger charge is 2.22. The van der Waals surface area contributed by atoms with Crippen molar-refractivity contribution in [2.24, 2.45) is 5.92 Å². The third kappa shape index (κ3) is 3.50. The fourth-order valence-corrected chi connectivity index (χ4v) is 3.06. The maximum Gasteiger partial charge on any atom is 0.124 e. The van der Waals surface area contributed by atoms with E-state index in [2.05, 4.69) is 24.4 Å². The predicted molar refractivity (Wildman–Crippen MR) is 82.0 cm³/mol. The maximum absolute atomic E-state index is 5.86. The van der Waals surface area contributed by atoms with Crippen LogP contribution in [0.5, 0.6) is 11.5 Å². The highest BCUT2D eigenvalue weighted by molar-refractivity contribution is 5.48. The summed E-state index contributed by atoms with van der Waals surface area (Å²) in [6.45, 7) is 8.43. The quantitative estimate of drug-likeness (QED) is 0.874. The minimum absolute atomic E-state index is 0.272. The standard InChI is InChI=1S/C17H25NO3/c1-3-20-16-7-14-6-12(2)21-17(14)8-15(16)10-18-9-13-4-5-19-11-13/h7-8,12-13,18H,3-6,9-11H2,1-2H3. The molecule has 4 heteroatoms. The minimum atomic E-state index is 0.272. The maximum atomic E-state index is 5.86. The molecule has 1 fully saturated rings. The van der Waals surface area contributed by atoms with Crippen LogP contribution < -0.4 is 14.8 Å². The molecule has 116 valence electrons. The van der Waals surface area contributed by atoms with Gasteiger partial charge in [-0.2, -0.15) is 0 Å². The largest absolute Gasteiger partial charge is 0.494 e. The van der Waals surface area contributed by atoms with Crippen LogP contribution in [0, 0.1) is 5.92 Å². The summed E-state index contributed by atoms with van der Waals surface area (Å²) in [7, 11) is 0. The summed E-state index contributed by atoms with van der Waals surface area (Å²) in [6.07, 6.45) is 2.41. The van der Waals surface area contributed by atoms with E-state index in [0.29, 0.717) is 12.5 Å². The van der Waals surface area contributed by atoms with E-state index in [4.69, 9.17) is 14.2 Å². The number of nitrogens with one attached hydrogen (secondary N) is 1. The molecule has 2 atom stereocenters. The number of hydrogen-bond acceptors (Lipinski definition) is 4. The molecule has 2 aliphatic heterocycles. The van der Waals surface area contributed by atoms with Crippen molar-refractivity contribution in [3.8, 4) is 11.5 Å². The lowest BCUT2D eigenvalue weighted by molar-refractivity contribution is 0.185. The number of benzene rings is 1. The van der Waals surface area contributed by atoms with Crippen molar-refractivity contribution < 1.29 is 14.2 Å². The van der Waals surface area contributed by atoms with Gasteiger partial charge in [0.1, 0.15) is 17.6 Å². The van der Waals surface area contributed by atoms with Crippen LogP contribution in [0.3, 0.4) is 0 Å². The number of fused-ring (bicyclic) bond motifs is 1. The summed E-state index contributed by atoms with van der Waals surface area (Å²) in [5, 5.41) is 3.53. The molecule has 1 saturated heterocycles. The van der Waals surface area contributed by atoms with E-state index < -0.39 is 0 Å². The van der Waals surface area contributed by atoms with Crippen LogP contribution >= 0.6 is 0 Å². The summed E-state index contributed by atoms with van der Waals surface area (Å²) in [4.78, 5) is 0. The molecule has 3 rings (SSSR count). The number of hydrogen-bond donors (Lipinski definition) is 1. The molecule has 1 aromatic rings. The summed E-state index contributed by atoms with van der Waals surface area (Å²) < 4.78 is 17.1. The van der Waals surface area contributed by atoms with Crippen LogP contribution in [0.25, 0.3) is 0 Å². The second-order valence-electron chi connectivity index (χ2n) is 5.99. The van der Waals surface area contributed by atoms with Gasteiger partial charge in [-0.1, -0.05) is 0 Å². The van der Waals surface area contributed by atoms with Gasteiger partial charge in [-0.15, -0.1) is 0 Å². The van der Waals surface area contributed by atoms with Gasteiger partial charge >= 0.3 is 0 Å². The topological polar surface area (TPSA) is 39.7 Å². The Morgan fingerprint density at radius 2 is 2.29 bits per heavy atom. The van der Waals surface area contributed by atoms with Crippen molar-refractivity contribution in [2.45, 2.75) is 39.3 Å². The second-order valence-corrected chi connectivity index (χ2v) is 5.99. The molecule has 0 bridgehead atoms. The van der Waals surface area contributed by atoms with Crippen molar-refractivity contribution >= 4 is 0 Å². The Kier molecular flexibility index (Phi) is 4.66. The molecule has 2 heterocycles. The van der Waals surface area contributed by atoms with E-state index in [1.165, 1.54) is 11.1 Å². The van der Waals surface area contributed by atoms with E-state index in [1.807, 2.05) is 6.92 Å². The van der Waals surface area contributed by atoms with E-state index in [9.17, 15) is 0 Å². The molecule has 0 saturated carbocycles. The molecule has 0 radical (unpaired) electrons. The summed E-state index contributed by atoms with van der Waals surface area (Å²) >= 11 is 0. The summed E-state index contributed by atoms with van der Waals surface area (Å²) in [6, 6.07) is 4.29. The Hall–Kier alpha value is -1.26. The van der Waals surface area contributed by atoms with Crippen molar-refractivity contribution in [1.82, 2.24) is 5.32 Å². The van der Waals surface area contributed by atoms with Crippen LogP contribution in [-0.2, 0) is 17.7 Å². The summed E-state index contributed by atoms with van der Waals surface area (Å²) in [5.74, 6) is 2.65. The first-order chi connectivity index (χ1) is 10.3. The average molecular weight is 291 g/mol. The van der Waals surface area contributed by atoms with Crippen molar-refractivity contribution in [2.75, 3.05) is 26.4 Å². The molecule has 2 aliphatic rings. The third-order valence-electron chi connectivity index (χ3n) is 4.15. The van der Waals surface area contributed by atoms with Crippen LogP contribution in [-0.4, -0.2) is 32.5 Å². The van der Waals surface area contributed by atoms with Gasteiger partial charge in [0.25, 0.3) is 0 Å². The lowest BCUT2D eigenvalue weighted by atomic mass is 10.1. The first kappa shape index (κ1) is 14.7. The number of rotatable bonds is 6. The zero-order valence-corrected chi connectivity index (χ0v) is 13.0. The van der Waals surface area contributed by atoms with Crippen molar-refractivity contribution in [3.05, 3.63) is 23.3 Å². The smallest absolute Gasteiger partial charge is 0.124 e. The van der Waals surface area contributed by atoms with Crippen LogP contribution in [0.15, 0.2) is 12.1 Å². The first-order valence-corrected chi connectivity index (χ1v) is 8.00. The zero-order chi connectivity index (χ0) is 14.7. The Bertz CT molecular complexity index is 483. The van der Waals surface area contributed by atoms with Gasteiger partial charge < -0.3 is 19.5 Å². The monoisotopic (exact) mass is 291 g/mol. The Labute approximate surface area is 126 Å². The molecule has 2 unspecified atom stereocenters. The normalized spacial score (nSPS) is 23.9. The fraction of sp³-hybridized carbons (Fsp3) is 0.647. The molecule has 0 aliphatic carbocycles.